The van der Waals surface area contributed by atoms with Crippen LogP contribution in [0.2, 0.25) is 0 Å². The SMILES string of the molecule is [O]CCS(=O)(=O)F. The second-order valence-corrected chi connectivity index (χ2v) is 2.43. The van der Waals surface area contributed by atoms with Crippen LogP contribution in [0.4, 0.5) is 3.89 Å². The van der Waals surface area contributed by atoms with Crippen LogP contribution in [0.5, 0.6) is 0 Å². The lowest BCUT2D eigenvalue weighted by atomic mass is 10.9. The first-order chi connectivity index (χ1) is 3.06. The molecule has 1 radical (unpaired) electrons. The highest BCUT2D eigenvalue weighted by molar-refractivity contribution is 7.86. The maximum Gasteiger partial charge on any atom is 0.304 e. The highest BCUT2D eigenvalue weighted by Gasteiger charge is 2.03. The molecule has 0 N–H and O–H groups in total. The maximum atomic E-state index is 11.2. The Morgan fingerprint density at radius 2 is 1.86 bits per heavy atom. The zero-order valence-corrected chi connectivity index (χ0v) is 4.24. The zero-order chi connectivity index (χ0) is 5.91. The Morgan fingerprint density at radius 3 is 1.86 bits per heavy atom. The zero-order valence-electron chi connectivity index (χ0n) is 3.43. The fraction of sp³-hybridized carbons (Fsp3) is 1.00. The fourth-order valence-corrected chi connectivity index (χ4v) is 0.299. The van der Waals surface area contributed by atoms with E-state index in [9.17, 15) is 17.4 Å². The first-order valence-corrected chi connectivity index (χ1v) is 3.12. The van der Waals surface area contributed by atoms with Gasteiger partial charge >= 0.3 is 10.2 Å². The average molecular weight is 127 g/mol. The van der Waals surface area contributed by atoms with Crippen LogP contribution in [0.15, 0.2) is 0 Å². The molecular formula is C2H4FO3S. The molecule has 5 heteroatoms. The Kier molecular flexibility index (Phi) is 2.17. The van der Waals surface area contributed by atoms with Gasteiger partial charge in [0.2, 0.25) is 0 Å². The van der Waals surface area contributed by atoms with Crippen molar-refractivity contribution >= 4 is 10.2 Å². The van der Waals surface area contributed by atoms with Gasteiger partial charge in [-0.05, 0) is 0 Å². The number of halogens is 1. The molecule has 0 aliphatic heterocycles. The first-order valence-electron chi connectivity index (χ1n) is 1.56. The van der Waals surface area contributed by atoms with Crippen LogP contribution in [0, 0.1) is 0 Å². The van der Waals surface area contributed by atoms with Crippen molar-refractivity contribution in [3.63, 3.8) is 0 Å². The van der Waals surface area contributed by atoms with Gasteiger partial charge in [0.05, 0.1) is 6.61 Å². The Labute approximate surface area is 41.0 Å². The van der Waals surface area contributed by atoms with E-state index in [0.29, 0.717) is 0 Å². The number of hydrogen-bond donors (Lipinski definition) is 0. The van der Waals surface area contributed by atoms with E-state index in [-0.39, 0.29) is 0 Å². The van der Waals surface area contributed by atoms with Crippen LogP contribution < -0.4 is 0 Å². The van der Waals surface area contributed by atoms with Crippen LogP contribution in [0.25, 0.3) is 0 Å². The summed E-state index contributed by atoms with van der Waals surface area (Å²) in [5.41, 5.74) is 0. The van der Waals surface area contributed by atoms with Gasteiger partial charge in [-0.1, -0.05) is 0 Å². The van der Waals surface area contributed by atoms with E-state index >= 15 is 0 Å². The van der Waals surface area contributed by atoms with Gasteiger partial charge < -0.3 is 0 Å². The molecule has 0 amide bonds. The predicted octanol–water partition coefficient (Wildman–Crippen LogP) is -0.284. The van der Waals surface area contributed by atoms with Gasteiger partial charge in [-0.2, -0.15) is 8.42 Å². The summed E-state index contributed by atoms with van der Waals surface area (Å²) >= 11 is 0. The highest BCUT2D eigenvalue weighted by Crippen LogP contribution is 1.86. The lowest BCUT2D eigenvalue weighted by Crippen LogP contribution is -2.00. The van der Waals surface area contributed by atoms with Gasteiger partial charge in [0.25, 0.3) is 0 Å². The minimum absolute atomic E-state index is 0.904. The minimum atomic E-state index is -4.49. The van der Waals surface area contributed by atoms with E-state index in [2.05, 4.69) is 0 Å². The Morgan fingerprint density at radius 1 is 1.43 bits per heavy atom. The molecular weight excluding hydrogens is 123 g/mol. The molecule has 0 fully saturated rings. The molecule has 0 aliphatic carbocycles. The van der Waals surface area contributed by atoms with Crippen LogP contribution in [0.1, 0.15) is 0 Å². The third-order valence-electron chi connectivity index (χ3n) is 0.327. The van der Waals surface area contributed by atoms with Crippen LogP contribution in [0.3, 0.4) is 0 Å². The normalized spacial score (nSPS) is 11.7. The van der Waals surface area contributed by atoms with Crippen molar-refractivity contribution in [3.8, 4) is 0 Å². The van der Waals surface area contributed by atoms with Gasteiger partial charge in [0.15, 0.2) is 0 Å². The highest BCUT2D eigenvalue weighted by atomic mass is 32.3. The molecule has 0 spiro atoms. The van der Waals surface area contributed by atoms with Crippen molar-refractivity contribution in [2.24, 2.45) is 0 Å². The van der Waals surface area contributed by atoms with Crippen molar-refractivity contribution in [2.75, 3.05) is 12.4 Å². The van der Waals surface area contributed by atoms with E-state index < -0.39 is 22.6 Å². The van der Waals surface area contributed by atoms with Crippen molar-refractivity contribution in [3.05, 3.63) is 0 Å². The second-order valence-electron chi connectivity index (χ2n) is 0.947. The van der Waals surface area contributed by atoms with E-state index in [1.165, 1.54) is 0 Å². The standard InChI is InChI=1S/C2H4FO3S/c3-7(5,6)2-1-4/h1-2H2. The van der Waals surface area contributed by atoms with Gasteiger partial charge in [-0.3, -0.25) is 0 Å². The summed E-state index contributed by atoms with van der Waals surface area (Å²) in [6, 6.07) is 0. The molecule has 43 valence electrons. The van der Waals surface area contributed by atoms with Gasteiger partial charge in [-0.15, -0.1) is 3.89 Å². The van der Waals surface area contributed by atoms with Crippen molar-refractivity contribution < 1.29 is 17.4 Å². The molecule has 0 rings (SSSR count). The van der Waals surface area contributed by atoms with E-state index in [1.807, 2.05) is 0 Å². The summed E-state index contributed by atoms with van der Waals surface area (Å²) in [7, 11) is -4.49. The summed E-state index contributed by atoms with van der Waals surface area (Å²) in [6.45, 7) is -0.904. The molecule has 0 saturated heterocycles. The van der Waals surface area contributed by atoms with Crippen molar-refractivity contribution in [1.82, 2.24) is 0 Å². The lowest BCUT2D eigenvalue weighted by molar-refractivity contribution is 0.212. The van der Waals surface area contributed by atoms with E-state index in [4.69, 9.17) is 0 Å². The molecule has 3 nitrogen and oxygen atoms in total. The summed E-state index contributed by atoms with van der Waals surface area (Å²) < 4.78 is 29.9. The third-order valence-corrected chi connectivity index (χ3v) is 0.981. The molecule has 0 aromatic heterocycles. The minimum Gasteiger partial charge on any atom is -0.236 e. The largest absolute Gasteiger partial charge is 0.304 e. The van der Waals surface area contributed by atoms with Crippen molar-refractivity contribution in [2.45, 2.75) is 0 Å². The molecule has 7 heavy (non-hydrogen) atoms. The van der Waals surface area contributed by atoms with Gasteiger partial charge in [0.1, 0.15) is 5.75 Å². The number of hydrogen-bond acceptors (Lipinski definition) is 2. The maximum absolute atomic E-state index is 11.2. The molecule has 0 aromatic carbocycles. The summed E-state index contributed by atoms with van der Waals surface area (Å²) in [4.78, 5) is 0. The Balaban J connectivity index is 3.60. The smallest absolute Gasteiger partial charge is 0.236 e. The number of rotatable bonds is 2. The van der Waals surface area contributed by atoms with E-state index in [1.54, 1.807) is 0 Å². The fourth-order valence-electron chi connectivity index (χ4n) is 0.0995. The molecule has 0 unspecified atom stereocenters. The molecule has 0 bridgehead atoms. The molecule has 0 saturated carbocycles. The van der Waals surface area contributed by atoms with Crippen LogP contribution in [-0.2, 0) is 15.3 Å². The second kappa shape index (κ2) is 2.23. The van der Waals surface area contributed by atoms with Crippen LogP contribution in [-0.4, -0.2) is 20.8 Å². The monoisotopic (exact) mass is 127 g/mol. The van der Waals surface area contributed by atoms with Gasteiger partial charge in [0, 0.05) is 0 Å². The quantitative estimate of drug-likeness (QED) is 0.479. The van der Waals surface area contributed by atoms with E-state index in [0.717, 1.165) is 0 Å². The predicted molar refractivity (Wildman–Crippen MR) is 20.4 cm³/mol. The van der Waals surface area contributed by atoms with Crippen molar-refractivity contribution in [1.29, 1.82) is 0 Å². The molecule has 0 heterocycles. The van der Waals surface area contributed by atoms with Crippen LogP contribution >= 0.6 is 0 Å². The summed E-state index contributed by atoms with van der Waals surface area (Å²) in [5.74, 6) is -0.910. The first kappa shape index (κ1) is 6.84. The molecule has 0 aromatic rings. The summed E-state index contributed by atoms with van der Waals surface area (Å²) in [5, 5.41) is 9.33. The Bertz CT molecular complexity index is 126. The third kappa shape index (κ3) is 5.84. The Hall–Kier alpha value is -0.160. The summed E-state index contributed by atoms with van der Waals surface area (Å²) in [6.07, 6.45) is 0. The van der Waals surface area contributed by atoms with Gasteiger partial charge in [-0.25, -0.2) is 5.11 Å². The topological polar surface area (TPSA) is 54.0 Å². The average Bonchev–Trinajstić information content (AvgIpc) is 1.30. The molecule has 0 atom stereocenters. The lowest BCUT2D eigenvalue weighted by Gasteiger charge is -1.80. The molecule has 0 aliphatic rings.